The minimum absolute atomic E-state index is 0.626. The first-order chi connectivity index (χ1) is 9.40. The van der Waals surface area contributed by atoms with Crippen molar-refractivity contribution in [1.29, 1.82) is 5.26 Å². The van der Waals surface area contributed by atoms with Crippen molar-refractivity contribution >= 4 is 11.8 Å². The molecule has 0 atom stereocenters. The average molecular weight is 275 g/mol. The number of benzene rings is 1. The Hall–Kier alpha value is -1.14. The molecule has 1 aliphatic rings. The summed E-state index contributed by atoms with van der Waals surface area (Å²) in [4.78, 5) is 0. The summed E-state index contributed by atoms with van der Waals surface area (Å²) < 4.78 is 5.66. The Balaban J connectivity index is 1.57. The molecule has 1 aromatic carbocycles. The van der Waals surface area contributed by atoms with Gasteiger partial charge in [-0.25, -0.2) is 0 Å². The maximum Gasteiger partial charge on any atom is 0.137 e. The van der Waals surface area contributed by atoms with Crippen LogP contribution >= 0.6 is 11.8 Å². The van der Waals surface area contributed by atoms with E-state index < -0.39 is 0 Å². The summed E-state index contributed by atoms with van der Waals surface area (Å²) in [5, 5.41) is 8.95. The van der Waals surface area contributed by atoms with Crippen LogP contribution in [0.4, 0.5) is 0 Å². The van der Waals surface area contributed by atoms with E-state index in [1.807, 2.05) is 18.2 Å². The molecule has 3 heteroatoms. The number of para-hydroxylation sites is 1. The zero-order chi connectivity index (χ0) is 13.3. The molecule has 2 nitrogen and oxygen atoms in total. The highest BCUT2D eigenvalue weighted by Gasteiger charge is 2.14. The summed E-state index contributed by atoms with van der Waals surface area (Å²) >= 11 is 2.05. The number of rotatable bonds is 7. The molecule has 1 aromatic rings. The lowest BCUT2D eigenvalue weighted by Crippen LogP contribution is -2.02. The molecule has 0 N–H and O–H groups in total. The van der Waals surface area contributed by atoms with Gasteiger partial charge in [0.05, 0.1) is 12.2 Å². The molecule has 0 heterocycles. The Morgan fingerprint density at radius 2 is 2.05 bits per heavy atom. The largest absolute Gasteiger partial charge is 0.492 e. The van der Waals surface area contributed by atoms with Gasteiger partial charge in [-0.2, -0.15) is 17.0 Å². The lowest BCUT2D eigenvalue weighted by atomic mass is 10.1. The van der Waals surface area contributed by atoms with Crippen molar-refractivity contribution < 1.29 is 4.74 Å². The van der Waals surface area contributed by atoms with Crippen LogP contribution in [0.5, 0.6) is 5.75 Å². The molecule has 19 heavy (non-hydrogen) atoms. The highest BCUT2D eigenvalue weighted by molar-refractivity contribution is 7.99. The molecule has 0 aromatic heterocycles. The fourth-order valence-corrected chi connectivity index (χ4v) is 3.61. The normalized spacial score (nSPS) is 15.3. The van der Waals surface area contributed by atoms with E-state index in [4.69, 9.17) is 10.00 Å². The third-order valence-electron chi connectivity index (χ3n) is 3.53. The highest BCUT2D eigenvalue weighted by atomic mass is 32.2. The SMILES string of the molecule is N#Cc1ccccc1OCCCSCC1CCCC1. The predicted octanol–water partition coefficient (Wildman–Crippen LogP) is 4.25. The van der Waals surface area contributed by atoms with Gasteiger partial charge in [0.2, 0.25) is 0 Å². The Kier molecular flexibility index (Phi) is 6.10. The Labute approximate surface area is 120 Å². The quantitative estimate of drug-likeness (QED) is 0.697. The summed E-state index contributed by atoms with van der Waals surface area (Å²) in [5.74, 6) is 4.15. The van der Waals surface area contributed by atoms with Crippen molar-refractivity contribution in [2.75, 3.05) is 18.1 Å². The summed E-state index contributed by atoms with van der Waals surface area (Å²) in [6.07, 6.45) is 6.77. The molecular formula is C16H21NOS. The van der Waals surface area contributed by atoms with Gasteiger partial charge in [-0.1, -0.05) is 25.0 Å². The van der Waals surface area contributed by atoms with E-state index in [2.05, 4.69) is 17.8 Å². The van der Waals surface area contributed by atoms with E-state index in [1.165, 1.54) is 31.4 Å². The molecule has 0 radical (unpaired) electrons. The van der Waals surface area contributed by atoms with Crippen molar-refractivity contribution in [3.63, 3.8) is 0 Å². The van der Waals surface area contributed by atoms with Crippen LogP contribution in [-0.2, 0) is 0 Å². The van der Waals surface area contributed by atoms with Crippen LogP contribution in [0.2, 0.25) is 0 Å². The second kappa shape index (κ2) is 8.12. The van der Waals surface area contributed by atoms with E-state index in [9.17, 15) is 0 Å². The molecule has 0 amide bonds. The van der Waals surface area contributed by atoms with Crippen molar-refractivity contribution in [2.24, 2.45) is 5.92 Å². The van der Waals surface area contributed by atoms with E-state index in [1.54, 1.807) is 6.07 Å². The third-order valence-corrected chi connectivity index (χ3v) is 4.81. The van der Waals surface area contributed by atoms with Gasteiger partial charge in [0.1, 0.15) is 11.8 Å². The maximum atomic E-state index is 8.95. The van der Waals surface area contributed by atoms with Gasteiger partial charge in [-0.15, -0.1) is 0 Å². The summed E-state index contributed by atoms with van der Waals surface area (Å²) in [5.41, 5.74) is 0.626. The van der Waals surface area contributed by atoms with Gasteiger partial charge < -0.3 is 4.74 Å². The smallest absolute Gasteiger partial charge is 0.137 e. The molecule has 1 fully saturated rings. The van der Waals surface area contributed by atoms with Crippen molar-refractivity contribution in [1.82, 2.24) is 0 Å². The number of ether oxygens (including phenoxy) is 1. The van der Waals surface area contributed by atoms with Gasteiger partial charge in [-0.05, 0) is 48.8 Å². The average Bonchev–Trinajstić information content (AvgIpc) is 2.96. The van der Waals surface area contributed by atoms with Crippen LogP contribution in [0.3, 0.4) is 0 Å². The van der Waals surface area contributed by atoms with E-state index in [0.29, 0.717) is 17.9 Å². The van der Waals surface area contributed by atoms with E-state index in [0.717, 1.165) is 18.1 Å². The molecule has 1 saturated carbocycles. The van der Waals surface area contributed by atoms with Crippen molar-refractivity contribution in [2.45, 2.75) is 32.1 Å². The van der Waals surface area contributed by atoms with Gasteiger partial charge >= 0.3 is 0 Å². The standard InChI is InChI=1S/C16H21NOS/c17-12-15-8-3-4-9-16(15)18-10-5-11-19-13-14-6-1-2-7-14/h3-4,8-9,14H,1-2,5-7,10-11,13H2. The molecule has 0 spiro atoms. The van der Waals surface area contributed by atoms with Crippen LogP contribution in [0, 0.1) is 17.2 Å². The fraction of sp³-hybridized carbons (Fsp3) is 0.562. The first-order valence-corrected chi connectivity index (χ1v) is 8.25. The molecule has 0 saturated heterocycles. The lowest BCUT2D eigenvalue weighted by molar-refractivity contribution is 0.318. The molecule has 0 unspecified atom stereocenters. The Morgan fingerprint density at radius 3 is 2.84 bits per heavy atom. The second-order valence-corrected chi connectivity index (χ2v) is 6.19. The predicted molar refractivity (Wildman–Crippen MR) is 80.6 cm³/mol. The zero-order valence-corrected chi connectivity index (χ0v) is 12.1. The second-order valence-electron chi connectivity index (χ2n) is 5.04. The molecule has 102 valence electrons. The maximum absolute atomic E-state index is 8.95. The van der Waals surface area contributed by atoms with Crippen LogP contribution in [0.1, 0.15) is 37.7 Å². The zero-order valence-electron chi connectivity index (χ0n) is 11.3. The third kappa shape index (κ3) is 4.80. The molecular weight excluding hydrogens is 254 g/mol. The van der Waals surface area contributed by atoms with Crippen molar-refractivity contribution in [3.05, 3.63) is 29.8 Å². The minimum Gasteiger partial charge on any atom is -0.492 e. The van der Waals surface area contributed by atoms with Crippen LogP contribution in [0.25, 0.3) is 0 Å². The number of thioether (sulfide) groups is 1. The molecule has 1 aliphatic carbocycles. The first kappa shape index (κ1) is 14.3. The highest BCUT2D eigenvalue weighted by Crippen LogP contribution is 2.28. The number of nitrogens with zero attached hydrogens (tertiary/aromatic N) is 1. The topological polar surface area (TPSA) is 33.0 Å². The molecule has 0 bridgehead atoms. The van der Waals surface area contributed by atoms with E-state index >= 15 is 0 Å². The Morgan fingerprint density at radius 1 is 1.26 bits per heavy atom. The monoisotopic (exact) mass is 275 g/mol. The first-order valence-electron chi connectivity index (χ1n) is 7.10. The van der Waals surface area contributed by atoms with E-state index in [-0.39, 0.29) is 0 Å². The van der Waals surface area contributed by atoms with Gasteiger partial charge in [0.15, 0.2) is 0 Å². The molecule has 2 rings (SSSR count). The number of nitriles is 1. The van der Waals surface area contributed by atoms with Crippen LogP contribution in [-0.4, -0.2) is 18.1 Å². The number of hydrogen-bond acceptors (Lipinski definition) is 3. The molecule has 0 aliphatic heterocycles. The fourth-order valence-electron chi connectivity index (χ4n) is 2.46. The lowest BCUT2D eigenvalue weighted by Gasteiger charge is -2.09. The Bertz CT molecular complexity index is 421. The number of hydrogen-bond donors (Lipinski definition) is 0. The van der Waals surface area contributed by atoms with Gasteiger partial charge in [0.25, 0.3) is 0 Å². The van der Waals surface area contributed by atoms with Crippen LogP contribution in [0.15, 0.2) is 24.3 Å². The summed E-state index contributed by atoms with van der Waals surface area (Å²) in [6, 6.07) is 9.59. The van der Waals surface area contributed by atoms with Crippen LogP contribution < -0.4 is 4.74 Å². The van der Waals surface area contributed by atoms with Gasteiger partial charge in [0, 0.05) is 0 Å². The van der Waals surface area contributed by atoms with Crippen molar-refractivity contribution in [3.8, 4) is 11.8 Å². The summed E-state index contributed by atoms with van der Waals surface area (Å²) in [6.45, 7) is 0.705. The minimum atomic E-state index is 0.626. The van der Waals surface area contributed by atoms with Gasteiger partial charge in [-0.3, -0.25) is 0 Å². The summed E-state index contributed by atoms with van der Waals surface area (Å²) in [7, 11) is 0.